The fourth-order valence-electron chi connectivity index (χ4n) is 1.77. The Hall–Kier alpha value is -1.76. The highest BCUT2D eigenvalue weighted by Crippen LogP contribution is 2.34. The van der Waals surface area contributed by atoms with E-state index in [0.717, 1.165) is 6.07 Å². The van der Waals surface area contributed by atoms with Gasteiger partial charge in [-0.2, -0.15) is 13.2 Å². The third-order valence-corrected chi connectivity index (χ3v) is 3.11. The van der Waals surface area contributed by atoms with Gasteiger partial charge < -0.3 is 15.3 Å². The molecule has 0 bridgehead atoms. The lowest BCUT2D eigenvalue weighted by molar-refractivity contribution is -0.138. The van der Waals surface area contributed by atoms with Crippen LogP contribution in [0.1, 0.15) is 24.5 Å². The van der Waals surface area contributed by atoms with Crippen molar-refractivity contribution in [1.82, 2.24) is 4.90 Å². The highest BCUT2D eigenvalue weighted by molar-refractivity contribution is 5.90. The van der Waals surface area contributed by atoms with Gasteiger partial charge in [-0.3, -0.25) is 0 Å². The standard InChI is InChI=1S/C14H19F3N2O2/c1-9(20)7-8-19(3)13(21)18-12-6-4-5-11(10(12)2)14(15,16)17/h4-6,9,20H,7-8H2,1-3H3,(H,18,21). The van der Waals surface area contributed by atoms with Crippen molar-refractivity contribution in [2.24, 2.45) is 0 Å². The number of carbonyl (C=O) groups is 1. The molecule has 0 heterocycles. The molecule has 1 unspecified atom stereocenters. The molecular formula is C14H19F3N2O2. The van der Waals surface area contributed by atoms with Crippen LogP contribution in [0, 0.1) is 6.92 Å². The Morgan fingerprint density at radius 3 is 2.57 bits per heavy atom. The van der Waals surface area contributed by atoms with Gasteiger partial charge in [0.15, 0.2) is 0 Å². The SMILES string of the molecule is Cc1c(NC(=O)N(C)CCC(C)O)cccc1C(F)(F)F. The monoisotopic (exact) mass is 304 g/mol. The molecule has 0 aliphatic rings. The highest BCUT2D eigenvalue weighted by Gasteiger charge is 2.33. The molecule has 7 heteroatoms. The first kappa shape index (κ1) is 17.3. The maximum Gasteiger partial charge on any atom is 0.416 e. The molecule has 0 fully saturated rings. The smallest absolute Gasteiger partial charge is 0.393 e. The summed E-state index contributed by atoms with van der Waals surface area (Å²) in [6.45, 7) is 3.22. The number of aliphatic hydroxyl groups is 1. The Morgan fingerprint density at radius 2 is 2.05 bits per heavy atom. The lowest BCUT2D eigenvalue weighted by atomic mass is 10.1. The number of amides is 2. The normalized spacial score (nSPS) is 12.9. The maximum absolute atomic E-state index is 12.8. The number of halogens is 3. The van der Waals surface area contributed by atoms with Gasteiger partial charge in [0.2, 0.25) is 0 Å². The number of nitrogens with one attached hydrogen (secondary N) is 1. The van der Waals surface area contributed by atoms with Crippen molar-refractivity contribution in [3.05, 3.63) is 29.3 Å². The van der Waals surface area contributed by atoms with E-state index in [2.05, 4.69) is 5.32 Å². The first-order valence-electron chi connectivity index (χ1n) is 6.50. The third kappa shape index (κ3) is 4.93. The number of nitrogens with zero attached hydrogens (tertiary/aromatic N) is 1. The number of benzene rings is 1. The number of rotatable bonds is 4. The number of carbonyl (C=O) groups excluding carboxylic acids is 1. The number of alkyl halides is 3. The largest absolute Gasteiger partial charge is 0.416 e. The van der Waals surface area contributed by atoms with Gasteiger partial charge in [-0.15, -0.1) is 0 Å². The van der Waals surface area contributed by atoms with Crippen LogP contribution in [0.25, 0.3) is 0 Å². The van der Waals surface area contributed by atoms with Crippen LogP contribution >= 0.6 is 0 Å². The van der Waals surface area contributed by atoms with Crippen LogP contribution in [-0.4, -0.2) is 35.7 Å². The highest BCUT2D eigenvalue weighted by atomic mass is 19.4. The summed E-state index contributed by atoms with van der Waals surface area (Å²) in [5.74, 6) is 0. The Balaban J connectivity index is 2.82. The fourth-order valence-corrected chi connectivity index (χ4v) is 1.77. The van der Waals surface area contributed by atoms with Gasteiger partial charge in [-0.25, -0.2) is 4.79 Å². The number of anilines is 1. The number of hydrogen-bond acceptors (Lipinski definition) is 2. The maximum atomic E-state index is 12.8. The molecule has 0 saturated heterocycles. The second kappa shape index (κ2) is 6.80. The molecule has 2 N–H and O–H groups in total. The van der Waals surface area contributed by atoms with Gasteiger partial charge in [0.1, 0.15) is 0 Å². The summed E-state index contributed by atoms with van der Waals surface area (Å²) in [5, 5.41) is 11.6. The van der Waals surface area contributed by atoms with E-state index in [1.807, 2.05) is 0 Å². The average molecular weight is 304 g/mol. The first-order valence-corrected chi connectivity index (χ1v) is 6.50. The molecule has 118 valence electrons. The minimum Gasteiger partial charge on any atom is -0.393 e. The van der Waals surface area contributed by atoms with Crippen LogP contribution in [-0.2, 0) is 6.18 Å². The Labute approximate surface area is 121 Å². The van der Waals surface area contributed by atoms with Crippen molar-refractivity contribution in [3.63, 3.8) is 0 Å². The summed E-state index contributed by atoms with van der Waals surface area (Å²) in [5.41, 5.74) is -0.673. The molecule has 1 aromatic rings. The van der Waals surface area contributed by atoms with Crippen LogP contribution < -0.4 is 5.32 Å². The molecule has 1 atom stereocenters. The Kier molecular flexibility index (Phi) is 5.60. The van der Waals surface area contributed by atoms with Crippen molar-refractivity contribution in [1.29, 1.82) is 0 Å². The number of aliphatic hydroxyl groups excluding tert-OH is 1. The summed E-state index contributed by atoms with van der Waals surface area (Å²) in [6, 6.07) is 3.13. The van der Waals surface area contributed by atoms with Crippen LogP contribution in [0.2, 0.25) is 0 Å². The van der Waals surface area contributed by atoms with E-state index in [1.54, 1.807) is 6.92 Å². The molecule has 1 rings (SSSR count). The van der Waals surface area contributed by atoms with Crippen molar-refractivity contribution in [2.75, 3.05) is 18.9 Å². The predicted octanol–water partition coefficient (Wildman–Crippen LogP) is 3.25. The fraction of sp³-hybridized carbons (Fsp3) is 0.500. The predicted molar refractivity (Wildman–Crippen MR) is 74.1 cm³/mol. The summed E-state index contributed by atoms with van der Waals surface area (Å²) >= 11 is 0. The third-order valence-electron chi connectivity index (χ3n) is 3.11. The van der Waals surface area contributed by atoms with Crippen molar-refractivity contribution in [2.45, 2.75) is 32.5 Å². The average Bonchev–Trinajstić information content (AvgIpc) is 2.36. The topological polar surface area (TPSA) is 52.6 Å². The van der Waals surface area contributed by atoms with E-state index in [-0.39, 0.29) is 11.3 Å². The Morgan fingerprint density at radius 1 is 1.43 bits per heavy atom. The lowest BCUT2D eigenvalue weighted by Crippen LogP contribution is -2.33. The van der Waals surface area contributed by atoms with E-state index in [0.29, 0.717) is 13.0 Å². The van der Waals surface area contributed by atoms with Crippen LogP contribution in [0.3, 0.4) is 0 Å². The molecule has 21 heavy (non-hydrogen) atoms. The zero-order chi connectivity index (χ0) is 16.2. The molecule has 1 aromatic carbocycles. The summed E-state index contributed by atoms with van der Waals surface area (Å²) in [4.78, 5) is 13.2. The molecule has 0 radical (unpaired) electrons. The van der Waals surface area contributed by atoms with Crippen molar-refractivity contribution >= 4 is 11.7 Å². The van der Waals surface area contributed by atoms with Gasteiger partial charge in [0.25, 0.3) is 0 Å². The van der Waals surface area contributed by atoms with E-state index >= 15 is 0 Å². The minimum atomic E-state index is -4.46. The van der Waals surface area contributed by atoms with E-state index in [1.165, 1.54) is 31.0 Å². The number of urea groups is 1. The molecule has 2 amide bonds. The summed E-state index contributed by atoms with van der Waals surface area (Å²) in [7, 11) is 1.51. The minimum absolute atomic E-state index is 0.0257. The lowest BCUT2D eigenvalue weighted by Gasteiger charge is -2.20. The van der Waals surface area contributed by atoms with Crippen LogP contribution in [0.15, 0.2) is 18.2 Å². The molecule has 0 aliphatic carbocycles. The van der Waals surface area contributed by atoms with E-state index in [9.17, 15) is 18.0 Å². The summed E-state index contributed by atoms with van der Waals surface area (Å²) < 4.78 is 38.4. The molecule has 0 saturated carbocycles. The zero-order valence-corrected chi connectivity index (χ0v) is 12.2. The molecule has 0 aromatic heterocycles. The zero-order valence-electron chi connectivity index (χ0n) is 12.2. The second-order valence-corrected chi connectivity index (χ2v) is 4.97. The van der Waals surface area contributed by atoms with E-state index < -0.39 is 23.9 Å². The van der Waals surface area contributed by atoms with Gasteiger partial charge in [-0.05, 0) is 38.0 Å². The van der Waals surface area contributed by atoms with Gasteiger partial charge in [0, 0.05) is 19.3 Å². The summed E-state index contributed by atoms with van der Waals surface area (Å²) in [6.07, 6.45) is -4.61. The van der Waals surface area contributed by atoms with E-state index in [4.69, 9.17) is 5.11 Å². The molecule has 0 aliphatic heterocycles. The molecule has 4 nitrogen and oxygen atoms in total. The quantitative estimate of drug-likeness (QED) is 0.897. The number of hydrogen-bond donors (Lipinski definition) is 2. The van der Waals surface area contributed by atoms with Crippen molar-refractivity contribution in [3.8, 4) is 0 Å². The second-order valence-electron chi connectivity index (χ2n) is 4.97. The van der Waals surface area contributed by atoms with Crippen LogP contribution in [0.4, 0.5) is 23.7 Å². The Bertz CT molecular complexity index is 501. The van der Waals surface area contributed by atoms with Gasteiger partial charge in [-0.1, -0.05) is 6.07 Å². The van der Waals surface area contributed by atoms with Crippen molar-refractivity contribution < 1.29 is 23.1 Å². The first-order chi connectivity index (χ1) is 9.62. The molecule has 0 spiro atoms. The van der Waals surface area contributed by atoms with Crippen LogP contribution in [0.5, 0.6) is 0 Å². The molecular weight excluding hydrogens is 285 g/mol. The van der Waals surface area contributed by atoms with Gasteiger partial charge in [0.05, 0.1) is 11.7 Å². The van der Waals surface area contributed by atoms with Gasteiger partial charge >= 0.3 is 12.2 Å².